The number of nitrogens with one attached hydrogen (secondary N) is 1. The number of hydrogen-bond donors (Lipinski definition) is 1. The van der Waals surface area contributed by atoms with Crippen molar-refractivity contribution < 1.29 is 13.2 Å². The summed E-state index contributed by atoms with van der Waals surface area (Å²) in [6.45, 7) is 5.46. The third-order valence-corrected chi connectivity index (χ3v) is 5.01. The number of carbonyl (C=O) groups excluding carboxylic acids is 1. The monoisotopic (exact) mass is 336 g/mol. The molecule has 0 bridgehead atoms. The lowest BCUT2D eigenvalue weighted by Crippen LogP contribution is -2.37. The maximum atomic E-state index is 11.8. The minimum atomic E-state index is -3.39. The fraction of sp³-hybridized carbons (Fsp3) is 0.400. The van der Waals surface area contributed by atoms with E-state index in [1.54, 1.807) is 16.9 Å². The molecule has 0 saturated heterocycles. The van der Waals surface area contributed by atoms with E-state index >= 15 is 0 Å². The highest BCUT2D eigenvalue weighted by Crippen LogP contribution is 2.10. The zero-order valence-corrected chi connectivity index (χ0v) is 14.4. The molecule has 1 N–H and O–H groups in total. The Hall–Kier alpha value is -2.22. The van der Waals surface area contributed by atoms with E-state index in [1.165, 1.54) is 6.92 Å². The van der Waals surface area contributed by atoms with Crippen LogP contribution in [0.2, 0.25) is 0 Å². The minimum absolute atomic E-state index is 0.225. The summed E-state index contributed by atoms with van der Waals surface area (Å²) in [6.07, 6.45) is 2.68. The first kappa shape index (κ1) is 17.1. The fourth-order valence-corrected chi connectivity index (χ4v) is 2.51. The Kier molecular flexibility index (Phi) is 4.84. The molecule has 2 aromatic rings. The molecule has 8 heteroatoms. The summed E-state index contributed by atoms with van der Waals surface area (Å²) in [5.74, 6) is 0.172. The number of aryl methyl sites for hydroxylation is 2. The van der Waals surface area contributed by atoms with Gasteiger partial charge in [-0.1, -0.05) is 6.07 Å². The molecule has 7 nitrogen and oxygen atoms in total. The average Bonchev–Trinajstić information content (AvgIpc) is 2.82. The van der Waals surface area contributed by atoms with Gasteiger partial charge in [0.05, 0.1) is 5.69 Å². The molecular weight excluding hydrogens is 316 g/mol. The van der Waals surface area contributed by atoms with Crippen molar-refractivity contribution in [2.24, 2.45) is 0 Å². The third-order valence-electron chi connectivity index (χ3n) is 3.51. The van der Waals surface area contributed by atoms with Crippen LogP contribution in [0.3, 0.4) is 0 Å². The van der Waals surface area contributed by atoms with E-state index in [2.05, 4.69) is 15.4 Å². The van der Waals surface area contributed by atoms with Gasteiger partial charge in [0.15, 0.2) is 15.7 Å². The topological polar surface area (TPSA) is 94.0 Å². The average molecular weight is 336 g/mol. The summed E-state index contributed by atoms with van der Waals surface area (Å²) in [5.41, 5.74) is 2.68. The van der Waals surface area contributed by atoms with E-state index in [9.17, 15) is 13.2 Å². The minimum Gasteiger partial charge on any atom is -0.351 e. The van der Waals surface area contributed by atoms with Crippen molar-refractivity contribution in [3.8, 4) is 5.82 Å². The van der Waals surface area contributed by atoms with E-state index in [0.29, 0.717) is 5.82 Å². The zero-order chi connectivity index (χ0) is 17.2. The lowest BCUT2D eigenvalue weighted by Gasteiger charge is -2.10. The highest BCUT2D eigenvalue weighted by Gasteiger charge is 2.22. The van der Waals surface area contributed by atoms with Gasteiger partial charge in [-0.05, 0) is 38.5 Å². The van der Waals surface area contributed by atoms with Gasteiger partial charge in [0.2, 0.25) is 5.91 Å². The van der Waals surface area contributed by atoms with Crippen LogP contribution in [0.5, 0.6) is 0 Å². The Morgan fingerprint density at radius 3 is 2.52 bits per heavy atom. The van der Waals surface area contributed by atoms with Crippen LogP contribution in [0.1, 0.15) is 23.9 Å². The molecular formula is C15H20N4O3S. The molecule has 0 radical (unpaired) electrons. The number of hydrogen-bond acceptors (Lipinski definition) is 5. The molecule has 1 atom stereocenters. The van der Waals surface area contributed by atoms with Crippen molar-refractivity contribution in [1.82, 2.24) is 20.1 Å². The summed E-state index contributed by atoms with van der Waals surface area (Å²) in [4.78, 5) is 16.1. The second-order valence-corrected chi connectivity index (χ2v) is 7.92. The predicted molar refractivity (Wildman–Crippen MR) is 87.0 cm³/mol. The van der Waals surface area contributed by atoms with Gasteiger partial charge in [-0.25, -0.2) is 18.1 Å². The highest BCUT2D eigenvalue weighted by molar-refractivity contribution is 7.92. The highest BCUT2D eigenvalue weighted by atomic mass is 32.2. The van der Waals surface area contributed by atoms with E-state index < -0.39 is 21.0 Å². The van der Waals surface area contributed by atoms with Gasteiger partial charge < -0.3 is 5.32 Å². The molecule has 0 saturated carbocycles. The van der Waals surface area contributed by atoms with Crippen molar-refractivity contribution in [2.45, 2.75) is 32.6 Å². The largest absolute Gasteiger partial charge is 0.351 e. The standard InChI is InChI=1S/C15H20N4O3S/c1-10-7-11(2)19(18-10)14-6-5-13(8-16-14)9-17-15(20)12(3)23(4,21)22/h5-8,12H,9H2,1-4H3,(H,17,20)/t12-/m1/s1. The quantitative estimate of drug-likeness (QED) is 0.877. The summed E-state index contributed by atoms with van der Waals surface area (Å²) < 4.78 is 24.4. The number of pyridine rings is 1. The number of sulfone groups is 1. The molecule has 0 unspecified atom stereocenters. The SMILES string of the molecule is Cc1cc(C)n(-c2ccc(CNC(=O)[C@@H](C)S(C)(=O)=O)cn2)n1. The molecule has 23 heavy (non-hydrogen) atoms. The Morgan fingerprint density at radius 1 is 1.35 bits per heavy atom. The first-order valence-corrected chi connectivity index (χ1v) is 9.09. The maximum Gasteiger partial charge on any atom is 0.238 e. The second-order valence-electron chi connectivity index (χ2n) is 5.55. The molecule has 0 aliphatic carbocycles. The second kappa shape index (κ2) is 6.49. The van der Waals surface area contributed by atoms with Gasteiger partial charge >= 0.3 is 0 Å². The summed E-state index contributed by atoms with van der Waals surface area (Å²) in [6, 6.07) is 5.59. The Bertz CT molecular complexity index is 810. The summed E-state index contributed by atoms with van der Waals surface area (Å²) in [5, 5.41) is 5.89. The van der Waals surface area contributed by atoms with Gasteiger partial charge in [0.25, 0.3) is 0 Å². The zero-order valence-electron chi connectivity index (χ0n) is 13.6. The molecule has 0 aliphatic heterocycles. The van der Waals surface area contributed by atoms with E-state index in [-0.39, 0.29) is 6.54 Å². The van der Waals surface area contributed by atoms with E-state index in [4.69, 9.17) is 0 Å². The van der Waals surface area contributed by atoms with Crippen molar-refractivity contribution in [3.63, 3.8) is 0 Å². The van der Waals surface area contributed by atoms with Gasteiger partial charge in [0.1, 0.15) is 5.25 Å². The Morgan fingerprint density at radius 2 is 2.04 bits per heavy atom. The Labute approximate surface area is 135 Å². The lowest BCUT2D eigenvalue weighted by atomic mass is 10.2. The molecule has 0 aliphatic rings. The molecule has 2 aromatic heterocycles. The van der Waals surface area contributed by atoms with Crippen molar-refractivity contribution >= 4 is 15.7 Å². The molecule has 0 aromatic carbocycles. The molecule has 2 heterocycles. The normalized spacial score (nSPS) is 12.9. The lowest BCUT2D eigenvalue weighted by molar-refractivity contribution is -0.120. The first-order valence-electron chi connectivity index (χ1n) is 7.13. The van der Waals surface area contributed by atoms with Crippen LogP contribution >= 0.6 is 0 Å². The van der Waals surface area contributed by atoms with Crippen LogP contribution in [0.25, 0.3) is 5.82 Å². The van der Waals surface area contributed by atoms with Crippen LogP contribution < -0.4 is 5.32 Å². The number of aromatic nitrogens is 3. The van der Waals surface area contributed by atoms with Crippen molar-refractivity contribution in [2.75, 3.05) is 6.26 Å². The maximum absolute atomic E-state index is 11.8. The fourth-order valence-electron chi connectivity index (χ4n) is 2.03. The molecule has 2 rings (SSSR count). The van der Waals surface area contributed by atoms with Crippen LogP contribution in [0.15, 0.2) is 24.4 Å². The summed E-state index contributed by atoms with van der Waals surface area (Å²) in [7, 11) is -3.39. The van der Waals surface area contributed by atoms with Gasteiger partial charge in [-0.2, -0.15) is 5.10 Å². The van der Waals surface area contributed by atoms with Gasteiger partial charge in [0, 0.05) is 24.7 Å². The number of nitrogens with zero attached hydrogens (tertiary/aromatic N) is 3. The number of amides is 1. The van der Waals surface area contributed by atoms with Crippen LogP contribution in [0.4, 0.5) is 0 Å². The molecule has 0 spiro atoms. The Balaban J connectivity index is 2.04. The van der Waals surface area contributed by atoms with Crippen molar-refractivity contribution in [3.05, 3.63) is 41.3 Å². The van der Waals surface area contributed by atoms with Crippen molar-refractivity contribution in [1.29, 1.82) is 0 Å². The number of carbonyl (C=O) groups is 1. The van der Waals surface area contributed by atoms with E-state index in [0.717, 1.165) is 23.2 Å². The molecule has 0 fully saturated rings. The smallest absolute Gasteiger partial charge is 0.238 e. The van der Waals surface area contributed by atoms with Crippen LogP contribution in [-0.2, 0) is 21.2 Å². The van der Waals surface area contributed by atoms with Crippen LogP contribution in [-0.4, -0.2) is 40.6 Å². The third kappa shape index (κ3) is 4.16. The first-order chi connectivity index (χ1) is 10.7. The summed E-state index contributed by atoms with van der Waals surface area (Å²) >= 11 is 0. The van der Waals surface area contributed by atoms with Crippen LogP contribution in [0, 0.1) is 13.8 Å². The molecule has 1 amide bonds. The van der Waals surface area contributed by atoms with E-state index in [1.807, 2.05) is 26.0 Å². The van der Waals surface area contributed by atoms with Gasteiger partial charge in [-0.15, -0.1) is 0 Å². The number of rotatable bonds is 5. The van der Waals surface area contributed by atoms with Gasteiger partial charge in [-0.3, -0.25) is 4.79 Å². The predicted octanol–water partition coefficient (Wildman–Crippen LogP) is 0.933. The molecule has 124 valence electrons.